The summed E-state index contributed by atoms with van der Waals surface area (Å²) in [7, 11) is 1.62. The SMILES string of the molecule is CO[C@@H](CBr)[C@H](C)[C@H](O)[C@H](C)COC(C)=O. The normalized spacial score (nSPS) is 18.6. The molecular weight excluding hydrogens is 276 g/mol. The molecule has 4 nitrogen and oxygen atoms in total. The van der Waals surface area contributed by atoms with Crippen molar-refractivity contribution in [1.82, 2.24) is 0 Å². The first-order valence-corrected chi connectivity index (χ1v) is 6.46. The summed E-state index contributed by atoms with van der Waals surface area (Å²) in [6, 6.07) is 0. The second-order valence-electron chi connectivity index (χ2n) is 4.06. The van der Waals surface area contributed by atoms with E-state index in [0.29, 0.717) is 5.33 Å². The molecule has 0 aliphatic carbocycles. The minimum atomic E-state index is -0.554. The van der Waals surface area contributed by atoms with Crippen molar-refractivity contribution >= 4 is 21.9 Å². The highest BCUT2D eigenvalue weighted by molar-refractivity contribution is 9.09. The molecule has 0 amide bonds. The number of aliphatic hydroxyl groups is 1. The molecule has 0 spiro atoms. The Morgan fingerprint density at radius 3 is 2.38 bits per heavy atom. The van der Waals surface area contributed by atoms with Crippen molar-refractivity contribution in [2.45, 2.75) is 33.0 Å². The van der Waals surface area contributed by atoms with Crippen LogP contribution in [0, 0.1) is 11.8 Å². The molecule has 96 valence electrons. The minimum absolute atomic E-state index is 0.0186. The standard InChI is InChI=1S/C11H21BrO4/c1-7(6-16-9(3)13)11(14)8(2)10(5-12)15-4/h7-8,10-11,14H,5-6H2,1-4H3/t7-,8+,10+,11-/m1/s1. The quantitative estimate of drug-likeness (QED) is 0.573. The number of carbonyl (C=O) groups excluding carboxylic acids is 1. The molecule has 0 aliphatic rings. The van der Waals surface area contributed by atoms with Crippen molar-refractivity contribution in [2.24, 2.45) is 11.8 Å². The third-order valence-electron chi connectivity index (χ3n) is 2.71. The van der Waals surface area contributed by atoms with E-state index in [4.69, 9.17) is 9.47 Å². The highest BCUT2D eigenvalue weighted by Gasteiger charge is 2.28. The molecule has 0 rings (SSSR count). The molecule has 0 saturated heterocycles. The van der Waals surface area contributed by atoms with Gasteiger partial charge in [-0.15, -0.1) is 0 Å². The number of esters is 1. The van der Waals surface area contributed by atoms with E-state index in [-0.39, 0.29) is 30.5 Å². The second-order valence-corrected chi connectivity index (χ2v) is 4.71. The Labute approximate surface area is 105 Å². The number of rotatable bonds is 7. The maximum absolute atomic E-state index is 10.7. The molecule has 0 heterocycles. The fraction of sp³-hybridized carbons (Fsp3) is 0.909. The zero-order chi connectivity index (χ0) is 12.7. The van der Waals surface area contributed by atoms with E-state index < -0.39 is 6.10 Å². The predicted octanol–water partition coefficient (Wildman–Crippen LogP) is 1.59. The minimum Gasteiger partial charge on any atom is -0.465 e. The molecule has 5 heteroatoms. The smallest absolute Gasteiger partial charge is 0.302 e. The average Bonchev–Trinajstić information content (AvgIpc) is 2.26. The van der Waals surface area contributed by atoms with Crippen molar-refractivity contribution in [3.05, 3.63) is 0 Å². The molecule has 16 heavy (non-hydrogen) atoms. The monoisotopic (exact) mass is 296 g/mol. The summed E-state index contributed by atoms with van der Waals surface area (Å²) < 4.78 is 10.1. The van der Waals surface area contributed by atoms with Gasteiger partial charge in [0.2, 0.25) is 0 Å². The van der Waals surface area contributed by atoms with Crippen molar-refractivity contribution in [3.63, 3.8) is 0 Å². The second kappa shape index (κ2) is 8.03. The molecule has 0 unspecified atom stereocenters. The highest BCUT2D eigenvalue weighted by Crippen LogP contribution is 2.20. The van der Waals surface area contributed by atoms with Crippen LogP contribution in [0.2, 0.25) is 0 Å². The van der Waals surface area contributed by atoms with Crippen LogP contribution in [0.3, 0.4) is 0 Å². The van der Waals surface area contributed by atoms with Gasteiger partial charge in [-0.3, -0.25) is 4.79 Å². The van der Waals surface area contributed by atoms with Crippen LogP contribution >= 0.6 is 15.9 Å². The third-order valence-corrected chi connectivity index (χ3v) is 3.35. The lowest BCUT2D eigenvalue weighted by Crippen LogP contribution is -2.37. The van der Waals surface area contributed by atoms with Crippen LogP contribution in [-0.4, -0.2) is 42.3 Å². The van der Waals surface area contributed by atoms with Crippen molar-refractivity contribution in [3.8, 4) is 0 Å². The van der Waals surface area contributed by atoms with Gasteiger partial charge in [0, 0.05) is 31.2 Å². The molecule has 0 radical (unpaired) electrons. The Balaban J connectivity index is 4.18. The van der Waals surface area contributed by atoms with E-state index in [1.54, 1.807) is 7.11 Å². The van der Waals surface area contributed by atoms with E-state index >= 15 is 0 Å². The fourth-order valence-electron chi connectivity index (χ4n) is 1.50. The van der Waals surface area contributed by atoms with Gasteiger partial charge < -0.3 is 14.6 Å². The maximum atomic E-state index is 10.7. The summed E-state index contributed by atoms with van der Waals surface area (Å²) >= 11 is 3.33. The third kappa shape index (κ3) is 5.27. The first-order valence-electron chi connectivity index (χ1n) is 5.34. The topological polar surface area (TPSA) is 55.8 Å². The van der Waals surface area contributed by atoms with E-state index in [0.717, 1.165) is 0 Å². The predicted molar refractivity (Wildman–Crippen MR) is 65.6 cm³/mol. The molecule has 0 saturated carbocycles. The average molecular weight is 297 g/mol. The van der Waals surface area contributed by atoms with Gasteiger partial charge in [0.1, 0.15) is 0 Å². The zero-order valence-corrected chi connectivity index (χ0v) is 11.9. The van der Waals surface area contributed by atoms with Gasteiger partial charge in [-0.25, -0.2) is 0 Å². The summed E-state index contributed by atoms with van der Waals surface area (Å²) in [5, 5.41) is 10.7. The first-order chi connectivity index (χ1) is 7.43. The Hall–Kier alpha value is -0.130. The summed E-state index contributed by atoms with van der Waals surface area (Å²) in [5.41, 5.74) is 0. The van der Waals surface area contributed by atoms with Crippen LogP contribution in [-0.2, 0) is 14.3 Å². The molecule has 1 N–H and O–H groups in total. The Morgan fingerprint density at radius 1 is 1.44 bits per heavy atom. The Morgan fingerprint density at radius 2 is 2.00 bits per heavy atom. The number of alkyl halides is 1. The van der Waals surface area contributed by atoms with Crippen LogP contribution in [0.15, 0.2) is 0 Å². The molecule has 4 atom stereocenters. The Kier molecular flexibility index (Phi) is 7.97. The van der Waals surface area contributed by atoms with Crippen LogP contribution in [0.5, 0.6) is 0 Å². The van der Waals surface area contributed by atoms with Crippen LogP contribution in [0.25, 0.3) is 0 Å². The summed E-state index contributed by atoms with van der Waals surface area (Å²) in [4.78, 5) is 10.7. The lowest BCUT2D eigenvalue weighted by atomic mass is 9.90. The van der Waals surface area contributed by atoms with Gasteiger partial charge in [0.05, 0.1) is 18.8 Å². The number of hydrogen-bond acceptors (Lipinski definition) is 4. The first kappa shape index (κ1) is 15.9. The number of carbonyl (C=O) groups is 1. The molecule has 0 aromatic carbocycles. The van der Waals surface area contributed by atoms with Crippen LogP contribution < -0.4 is 0 Å². The van der Waals surface area contributed by atoms with Crippen molar-refractivity contribution < 1.29 is 19.4 Å². The van der Waals surface area contributed by atoms with Crippen LogP contribution in [0.4, 0.5) is 0 Å². The van der Waals surface area contributed by atoms with Gasteiger partial charge in [-0.2, -0.15) is 0 Å². The number of hydrogen-bond donors (Lipinski definition) is 1. The molecule has 0 aromatic heterocycles. The molecule has 0 bridgehead atoms. The number of aliphatic hydroxyl groups excluding tert-OH is 1. The number of halogens is 1. The van der Waals surface area contributed by atoms with E-state index in [2.05, 4.69) is 15.9 Å². The zero-order valence-electron chi connectivity index (χ0n) is 10.3. The van der Waals surface area contributed by atoms with Gasteiger partial charge in [-0.1, -0.05) is 29.8 Å². The number of methoxy groups -OCH3 is 1. The summed E-state index contributed by atoms with van der Waals surface area (Å²) in [5.74, 6) is -0.444. The van der Waals surface area contributed by atoms with Gasteiger partial charge in [-0.05, 0) is 0 Å². The van der Waals surface area contributed by atoms with Gasteiger partial charge in [0.25, 0.3) is 0 Å². The van der Waals surface area contributed by atoms with E-state index in [1.807, 2.05) is 13.8 Å². The molecule has 0 aliphatic heterocycles. The lowest BCUT2D eigenvalue weighted by molar-refractivity contribution is -0.144. The van der Waals surface area contributed by atoms with Crippen molar-refractivity contribution in [2.75, 3.05) is 19.0 Å². The van der Waals surface area contributed by atoms with Crippen molar-refractivity contribution in [1.29, 1.82) is 0 Å². The van der Waals surface area contributed by atoms with Gasteiger partial charge >= 0.3 is 5.97 Å². The molecule has 0 aromatic rings. The van der Waals surface area contributed by atoms with E-state index in [9.17, 15) is 9.90 Å². The fourth-order valence-corrected chi connectivity index (χ4v) is 2.36. The maximum Gasteiger partial charge on any atom is 0.302 e. The van der Waals surface area contributed by atoms with E-state index in [1.165, 1.54) is 6.92 Å². The molecular formula is C11H21BrO4. The summed E-state index contributed by atoms with van der Waals surface area (Å²) in [6.45, 7) is 5.37. The lowest BCUT2D eigenvalue weighted by Gasteiger charge is -2.29. The van der Waals surface area contributed by atoms with Crippen LogP contribution in [0.1, 0.15) is 20.8 Å². The summed E-state index contributed by atoms with van der Waals surface area (Å²) in [6.07, 6.45) is -0.600. The largest absolute Gasteiger partial charge is 0.465 e. The number of ether oxygens (including phenoxy) is 2. The highest BCUT2D eigenvalue weighted by atomic mass is 79.9. The van der Waals surface area contributed by atoms with Gasteiger partial charge in [0.15, 0.2) is 0 Å². The molecule has 0 fully saturated rings. The Bertz CT molecular complexity index is 206.